The summed E-state index contributed by atoms with van der Waals surface area (Å²) in [6.07, 6.45) is 3.01. The molecular weight excluding hydrogens is 192 g/mol. The average molecular weight is 214 g/mol. The van der Waals surface area contributed by atoms with Crippen molar-refractivity contribution in [3.8, 4) is 6.07 Å². The van der Waals surface area contributed by atoms with Gasteiger partial charge in [0.25, 0.3) is 0 Å². The van der Waals surface area contributed by atoms with E-state index in [0.29, 0.717) is 12.5 Å². The Labute approximate surface area is 93.7 Å². The summed E-state index contributed by atoms with van der Waals surface area (Å²) in [5.41, 5.74) is 0. The molecule has 0 aliphatic carbocycles. The fourth-order valence-electron chi connectivity index (χ4n) is 1.30. The Morgan fingerprint density at radius 3 is 2.50 bits per heavy atom. The van der Waals surface area contributed by atoms with Crippen molar-refractivity contribution in [2.24, 2.45) is 5.92 Å². The van der Waals surface area contributed by atoms with Crippen LogP contribution in [0.25, 0.3) is 0 Å². The molecule has 0 saturated carbocycles. The van der Waals surface area contributed by atoms with Gasteiger partial charge in [-0.15, -0.1) is 0 Å². The standard InChI is InChI=1S/C11H22N2S/c1-10(6-9-14)5-8-13(3)11(2)4-7-12/h10-11,14H,4-6,8-9H2,1-3H3. The van der Waals surface area contributed by atoms with E-state index in [1.165, 1.54) is 12.8 Å². The van der Waals surface area contributed by atoms with E-state index >= 15 is 0 Å². The minimum Gasteiger partial charge on any atom is -0.303 e. The molecule has 0 rings (SSSR count). The molecule has 0 radical (unpaired) electrons. The molecule has 0 aliphatic heterocycles. The molecule has 0 spiro atoms. The highest BCUT2D eigenvalue weighted by molar-refractivity contribution is 7.80. The maximum absolute atomic E-state index is 8.56. The van der Waals surface area contributed by atoms with Crippen LogP contribution in [0.15, 0.2) is 0 Å². The Bertz CT molecular complexity index is 177. The Morgan fingerprint density at radius 1 is 1.36 bits per heavy atom. The van der Waals surface area contributed by atoms with E-state index in [4.69, 9.17) is 5.26 Å². The fraction of sp³-hybridized carbons (Fsp3) is 0.909. The number of nitriles is 1. The molecule has 2 unspecified atom stereocenters. The van der Waals surface area contributed by atoms with Crippen molar-refractivity contribution >= 4 is 12.6 Å². The van der Waals surface area contributed by atoms with Crippen molar-refractivity contribution in [2.45, 2.75) is 39.2 Å². The van der Waals surface area contributed by atoms with Gasteiger partial charge < -0.3 is 4.90 Å². The van der Waals surface area contributed by atoms with Crippen LogP contribution in [0, 0.1) is 17.2 Å². The summed E-state index contributed by atoms with van der Waals surface area (Å²) in [4.78, 5) is 2.26. The minimum atomic E-state index is 0.378. The second kappa shape index (κ2) is 8.14. The fourth-order valence-corrected chi connectivity index (χ4v) is 1.74. The first-order valence-corrected chi connectivity index (χ1v) is 5.93. The van der Waals surface area contributed by atoms with Crippen LogP contribution in [0.2, 0.25) is 0 Å². The van der Waals surface area contributed by atoms with Crippen LogP contribution in [0.4, 0.5) is 0 Å². The third-order valence-electron chi connectivity index (χ3n) is 2.74. The van der Waals surface area contributed by atoms with Crippen LogP contribution in [0.5, 0.6) is 0 Å². The van der Waals surface area contributed by atoms with E-state index in [1.54, 1.807) is 0 Å². The van der Waals surface area contributed by atoms with Crippen molar-refractivity contribution in [2.75, 3.05) is 19.3 Å². The molecule has 82 valence electrons. The van der Waals surface area contributed by atoms with Gasteiger partial charge in [0.1, 0.15) is 0 Å². The van der Waals surface area contributed by atoms with E-state index in [0.717, 1.165) is 18.2 Å². The van der Waals surface area contributed by atoms with Crippen molar-refractivity contribution < 1.29 is 0 Å². The lowest BCUT2D eigenvalue weighted by atomic mass is 10.0. The van der Waals surface area contributed by atoms with Gasteiger partial charge in [-0.3, -0.25) is 0 Å². The molecule has 3 heteroatoms. The van der Waals surface area contributed by atoms with Gasteiger partial charge in [-0.05, 0) is 45.0 Å². The van der Waals surface area contributed by atoms with Crippen molar-refractivity contribution in [3.05, 3.63) is 0 Å². The average Bonchev–Trinajstić information content (AvgIpc) is 2.15. The van der Waals surface area contributed by atoms with Crippen LogP contribution >= 0.6 is 12.6 Å². The number of rotatable bonds is 7. The Morgan fingerprint density at radius 2 is 2.00 bits per heavy atom. The van der Waals surface area contributed by atoms with Gasteiger partial charge in [-0.1, -0.05) is 6.92 Å². The van der Waals surface area contributed by atoms with Gasteiger partial charge in [0.2, 0.25) is 0 Å². The third-order valence-corrected chi connectivity index (χ3v) is 2.99. The summed E-state index contributed by atoms with van der Waals surface area (Å²) in [7, 11) is 2.09. The van der Waals surface area contributed by atoms with Gasteiger partial charge in [0, 0.05) is 6.04 Å². The summed E-state index contributed by atoms with van der Waals surface area (Å²) in [5.74, 6) is 1.71. The van der Waals surface area contributed by atoms with E-state index in [1.807, 2.05) is 0 Å². The second-order valence-electron chi connectivity index (χ2n) is 4.10. The monoisotopic (exact) mass is 214 g/mol. The first-order chi connectivity index (χ1) is 6.61. The maximum atomic E-state index is 8.56. The van der Waals surface area contributed by atoms with E-state index in [-0.39, 0.29) is 0 Å². The molecule has 0 aromatic heterocycles. The summed E-state index contributed by atoms with van der Waals surface area (Å²) >= 11 is 4.22. The summed E-state index contributed by atoms with van der Waals surface area (Å²) in [5, 5.41) is 8.56. The lowest BCUT2D eigenvalue weighted by Gasteiger charge is -2.23. The maximum Gasteiger partial charge on any atom is 0.0638 e. The zero-order chi connectivity index (χ0) is 11.0. The zero-order valence-electron chi connectivity index (χ0n) is 9.53. The van der Waals surface area contributed by atoms with Crippen LogP contribution in [0.1, 0.15) is 33.1 Å². The molecule has 0 fully saturated rings. The molecule has 14 heavy (non-hydrogen) atoms. The highest BCUT2D eigenvalue weighted by Gasteiger charge is 2.09. The van der Waals surface area contributed by atoms with Crippen LogP contribution in [0.3, 0.4) is 0 Å². The number of hydrogen-bond donors (Lipinski definition) is 1. The molecule has 0 bridgehead atoms. The molecule has 0 amide bonds. The van der Waals surface area contributed by atoms with Gasteiger partial charge >= 0.3 is 0 Å². The predicted molar refractivity (Wildman–Crippen MR) is 64.6 cm³/mol. The molecule has 0 aromatic rings. The zero-order valence-corrected chi connectivity index (χ0v) is 10.4. The first-order valence-electron chi connectivity index (χ1n) is 5.29. The highest BCUT2D eigenvalue weighted by Crippen LogP contribution is 2.10. The minimum absolute atomic E-state index is 0.378. The largest absolute Gasteiger partial charge is 0.303 e. The van der Waals surface area contributed by atoms with Crippen molar-refractivity contribution in [3.63, 3.8) is 0 Å². The Kier molecular flexibility index (Phi) is 8.02. The van der Waals surface area contributed by atoms with E-state index < -0.39 is 0 Å². The van der Waals surface area contributed by atoms with E-state index in [2.05, 4.69) is 44.5 Å². The lowest BCUT2D eigenvalue weighted by molar-refractivity contribution is 0.242. The van der Waals surface area contributed by atoms with Gasteiger partial charge in [-0.25, -0.2) is 0 Å². The molecule has 2 nitrogen and oxygen atoms in total. The second-order valence-corrected chi connectivity index (χ2v) is 4.55. The number of nitrogens with zero attached hydrogens (tertiary/aromatic N) is 2. The van der Waals surface area contributed by atoms with Crippen molar-refractivity contribution in [1.29, 1.82) is 5.26 Å². The molecule has 0 aliphatic rings. The normalized spacial score (nSPS) is 15.1. The number of thiol groups is 1. The molecule has 0 heterocycles. The molecule has 0 aromatic carbocycles. The van der Waals surface area contributed by atoms with Crippen LogP contribution in [-0.2, 0) is 0 Å². The van der Waals surface area contributed by atoms with Gasteiger partial charge in [0.05, 0.1) is 12.5 Å². The van der Waals surface area contributed by atoms with Crippen LogP contribution < -0.4 is 0 Å². The molecular formula is C11H22N2S. The number of hydrogen-bond acceptors (Lipinski definition) is 3. The lowest BCUT2D eigenvalue weighted by Crippen LogP contribution is -2.30. The quantitative estimate of drug-likeness (QED) is 0.659. The predicted octanol–water partition coefficient (Wildman–Crippen LogP) is 2.57. The molecule has 0 saturated heterocycles. The highest BCUT2D eigenvalue weighted by atomic mass is 32.1. The summed E-state index contributed by atoms with van der Waals surface area (Å²) in [6.45, 7) is 5.45. The molecule has 0 N–H and O–H groups in total. The van der Waals surface area contributed by atoms with E-state index in [9.17, 15) is 0 Å². The summed E-state index contributed by atoms with van der Waals surface area (Å²) < 4.78 is 0. The first kappa shape index (κ1) is 13.8. The third kappa shape index (κ3) is 6.28. The van der Waals surface area contributed by atoms with Crippen LogP contribution in [-0.4, -0.2) is 30.3 Å². The van der Waals surface area contributed by atoms with Gasteiger partial charge in [0.15, 0.2) is 0 Å². The van der Waals surface area contributed by atoms with Crippen molar-refractivity contribution in [1.82, 2.24) is 4.90 Å². The Balaban J connectivity index is 3.62. The Hall–Kier alpha value is -0.200. The topological polar surface area (TPSA) is 27.0 Å². The van der Waals surface area contributed by atoms with Gasteiger partial charge in [-0.2, -0.15) is 17.9 Å². The SMILES string of the molecule is CC(CCS)CCN(C)C(C)CC#N. The molecule has 2 atom stereocenters. The smallest absolute Gasteiger partial charge is 0.0638 e. The summed E-state index contributed by atoms with van der Waals surface area (Å²) in [6, 6.07) is 2.59.